The molecule has 0 unspecified atom stereocenters. The lowest BCUT2D eigenvalue weighted by molar-refractivity contribution is -0.117. The first-order valence-electron chi connectivity index (χ1n) is 8.42. The zero-order chi connectivity index (χ0) is 19.6. The number of nitrogens with one attached hydrogen (secondary N) is 3. The Hall–Kier alpha value is -3.48. The van der Waals surface area contributed by atoms with Crippen LogP contribution in [0.3, 0.4) is 0 Å². The Bertz CT molecular complexity index is 831. The quantitative estimate of drug-likeness (QED) is 0.540. The van der Waals surface area contributed by atoms with Gasteiger partial charge in [0.15, 0.2) is 0 Å². The highest BCUT2D eigenvalue weighted by molar-refractivity contribution is 5.98. The van der Waals surface area contributed by atoms with Crippen LogP contribution in [0.2, 0.25) is 0 Å². The summed E-state index contributed by atoms with van der Waals surface area (Å²) in [6, 6.07) is 11.9. The Morgan fingerprint density at radius 1 is 0.963 bits per heavy atom. The molecule has 0 aliphatic carbocycles. The minimum absolute atomic E-state index is 0.0880. The van der Waals surface area contributed by atoms with Gasteiger partial charge in [-0.05, 0) is 54.5 Å². The second kappa shape index (κ2) is 9.86. The lowest BCUT2D eigenvalue weighted by Crippen LogP contribution is -2.40. The van der Waals surface area contributed by atoms with Gasteiger partial charge in [0.2, 0.25) is 5.91 Å². The van der Waals surface area contributed by atoms with Crippen molar-refractivity contribution in [3.63, 3.8) is 0 Å². The van der Waals surface area contributed by atoms with Crippen LogP contribution >= 0.6 is 0 Å². The Labute approximate surface area is 156 Å². The minimum atomic E-state index is -0.531. The summed E-state index contributed by atoms with van der Waals surface area (Å²) in [4.78, 5) is 35.3. The number of hydrazine groups is 1. The van der Waals surface area contributed by atoms with Crippen LogP contribution in [0.25, 0.3) is 6.08 Å². The molecule has 2 aromatic rings. The SMILES string of the molecule is CCCC(=O)Nc1ccc(C(=O)NNC(=O)/C=C/c2ccc(F)cc2)cc1. The normalized spacial score (nSPS) is 10.4. The Kier molecular flexibility index (Phi) is 7.25. The molecule has 0 saturated heterocycles. The van der Waals surface area contributed by atoms with Gasteiger partial charge in [-0.2, -0.15) is 0 Å². The van der Waals surface area contributed by atoms with E-state index in [1.54, 1.807) is 12.1 Å². The van der Waals surface area contributed by atoms with Gasteiger partial charge in [-0.1, -0.05) is 19.1 Å². The van der Waals surface area contributed by atoms with Crippen molar-refractivity contribution in [2.24, 2.45) is 0 Å². The number of hydrogen-bond acceptors (Lipinski definition) is 3. The van der Waals surface area contributed by atoms with Crippen LogP contribution in [-0.4, -0.2) is 17.7 Å². The fourth-order valence-electron chi connectivity index (χ4n) is 2.13. The zero-order valence-electron chi connectivity index (χ0n) is 14.8. The molecule has 0 aromatic heterocycles. The average Bonchev–Trinajstić information content (AvgIpc) is 2.66. The van der Waals surface area contributed by atoms with E-state index in [1.807, 2.05) is 6.92 Å². The molecule has 0 fully saturated rings. The summed E-state index contributed by atoms with van der Waals surface area (Å²) in [5.41, 5.74) is 6.12. The highest BCUT2D eigenvalue weighted by Gasteiger charge is 2.07. The molecule has 2 rings (SSSR count). The first-order chi connectivity index (χ1) is 13.0. The molecule has 0 aliphatic heterocycles. The summed E-state index contributed by atoms with van der Waals surface area (Å²) < 4.78 is 12.8. The van der Waals surface area contributed by atoms with Gasteiger partial charge in [0.25, 0.3) is 11.8 Å². The molecule has 27 heavy (non-hydrogen) atoms. The summed E-state index contributed by atoms with van der Waals surface area (Å²) in [6.07, 6.45) is 3.90. The van der Waals surface area contributed by atoms with E-state index in [0.717, 1.165) is 6.42 Å². The molecule has 0 radical (unpaired) electrons. The molecule has 6 nitrogen and oxygen atoms in total. The summed E-state index contributed by atoms with van der Waals surface area (Å²) >= 11 is 0. The second-order valence-corrected chi connectivity index (χ2v) is 5.70. The van der Waals surface area contributed by atoms with E-state index in [1.165, 1.54) is 48.6 Å². The Balaban J connectivity index is 1.83. The van der Waals surface area contributed by atoms with E-state index in [2.05, 4.69) is 16.2 Å². The molecule has 7 heteroatoms. The summed E-state index contributed by atoms with van der Waals surface area (Å²) in [5, 5.41) is 2.72. The lowest BCUT2D eigenvalue weighted by Gasteiger charge is -2.07. The molecule has 0 saturated carbocycles. The highest BCUT2D eigenvalue weighted by Crippen LogP contribution is 2.10. The van der Waals surface area contributed by atoms with Crippen molar-refractivity contribution in [3.05, 3.63) is 71.6 Å². The summed E-state index contributed by atoms with van der Waals surface area (Å²) in [6.45, 7) is 1.91. The van der Waals surface area contributed by atoms with Crippen LogP contribution in [0.15, 0.2) is 54.6 Å². The standard InChI is InChI=1S/C20H20FN3O3/c1-2-3-18(25)22-17-11-7-15(8-12-17)20(27)24-23-19(26)13-6-14-4-9-16(21)10-5-14/h4-13H,2-3H2,1H3,(H,22,25)(H,23,26)(H,24,27)/b13-6+. The lowest BCUT2D eigenvalue weighted by atomic mass is 10.2. The van der Waals surface area contributed by atoms with Gasteiger partial charge in [0, 0.05) is 23.7 Å². The average molecular weight is 369 g/mol. The Morgan fingerprint density at radius 3 is 2.26 bits per heavy atom. The number of rotatable bonds is 6. The fraction of sp³-hybridized carbons (Fsp3) is 0.150. The number of amides is 3. The van der Waals surface area contributed by atoms with Crippen molar-refractivity contribution < 1.29 is 18.8 Å². The van der Waals surface area contributed by atoms with Gasteiger partial charge >= 0.3 is 0 Å². The van der Waals surface area contributed by atoms with Crippen LogP contribution in [0, 0.1) is 5.82 Å². The van der Waals surface area contributed by atoms with E-state index in [-0.39, 0.29) is 11.7 Å². The summed E-state index contributed by atoms with van der Waals surface area (Å²) in [7, 11) is 0. The van der Waals surface area contributed by atoms with Gasteiger partial charge in [-0.25, -0.2) is 4.39 Å². The predicted octanol–water partition coefficient (Wildman–Crippen LogP) is 3.04. The molecule has 0 bridgehead atoms. The van der Waals surface area contributed by atoms with Crippen molar-refractivity contribution in [2.75, 3.05) is 5.32 Å². The molecular weight excluding hydrogens is 349 g/mol. The van der Waals surface area contributed by atoms with E-state index >= 15 is 0 Å². The second-order valence-electron chi connectivity index (χ2n) is 5.70. The number of benzene rings is 2. The van der Waals surface area contributed by atoms with Gasteiger partial charge in [-0.15, -0.1) is 0 Å². The van der Waals surface area contributed by atoms with Crippen LogP contribution in [0.4, 0.5) is 10.1 Å². The molecule has 0 spiro atoms. The van der Waals surface area contributed by atoms with E-state index in [4.69, 9.17) is 0 Å². The molecule has 0 aliphatic rings. The van der Waals surface area contributed by atoms with E-state index in [9.17, 15) is 18.8 Å². The monoisotopic (exact) mass is 369 g/mol. The third-order valence-corrected chi connectivity index (χ3v) is 3.50. The van der Waals surface area contributed by atoms with Crippen LogP contribution in [0.1, 0.15) is 35.7 Å². The van der Waals surface area contributed by atoms with Gasteiger partial charge in [0.05, 0.1) is 0 Å². The topological polar surface area (TPSA) is 87.3 Å². The number of carbonyl (C=O) groups excluding carboxylic acids is 3. The molecule has 3 amide bonds. The zero-order valence-corrected chi connectivity index (χ0v) is 14.8. The maximum absolute atomic E-state index is 12.8. The largest absolute Gasteiger partial charge is 0.326 e. The van der Waals surface area contributed by atoms with Crippen LogP contribution in [0.5, 0.6) is 0 Å². The van der Waals surface area contributed by atoms with Gasteiger partial charge < -0.3 is 5.32 Å². The minimum Gasteiger partial charge on any atom is -0.326 e. The maximum atomic E-state index is 12.8. The predicted molar refractivity (Wildman–Crippen MR) is 101 cm³/mol. The fourth-order valence-corrected chi connectivity index (χ4v) is 2.13. The molecule has 3 N–H and O–H groups in total. The molecule has 140 valence electrons. The van der Waals surface area contributed by atoms with Crippen LogP contribution in [-0.2, 0) is 9.59 Å². The molecule has 0 atom stereocenters. The van der Waals surface area contributed by atoms with Crippen molar-refractivity contribution in [3.8, 4) is 0 Å². The Morgan fingerprint density at radius 2 is 1.63 bits per heavy atom. The maximum Gasteiger partial charge on any atom is 0.269 e. The number of halogens is 1. The first-order valence-corrected chi connectivity index (χ1v) is 8.42. The van der Waals surface area contributed by atoms with E-state index < -0.39 is 11.8 Å². The highest BCUT2D eigenvalue weighted by atomic mass is 19.1. The third kappa shape index (κ3) is 6.74. The van der Waals surface area contributed by atoms with Gasteiger partial charge in [0.1, 0.15) is 5.82 Å². The summed E-state index contributed by atoms with van der Waals surface area (Å²) in [5.74, 6) is -1.48. The number of hydrogen-bond donors (Lipinski definition) is 3. The third-order valence-electron chi connectivity index (χ3n) is 3.50. The van der Waals surface area contributed by atoms with E-state index in [0.29, 0.717) is 23.2 Å². The van der Waals surface area contributed by atoms with Crippen molar-refractivity contribution >= 4 is 29.5 Å². The van der Waals surface area contributed by atoms with Crippen LogP contribution < -0.4 is 16.2 Å². The molecule has 0 heterocycles. The molecule has 2 aromatic carbocycles. The van der Waals surface area contributed by atoms with Crippen molar-refractivity contribution in [2.45, 2.75) is 19.8 Å². The van der Waals surface area contributed by atoms with Gasteiger partial charge in [-0.3, -0.25) is 25.2 Å². The van der Waals surface area contributed by atoms with Crippen molar-refractivity contribution in [1.82, 2.24) is 10.9 Å². The number of carbonyl (C=O) groups is 3. The van der Waals surface area contributed by atoms with Crippen molar-refractivity contribution in [1.29, 1.82) is 0 Å². The number of anilines is 1. The smallest absolute Gasteiger partial charge is 0.269 e. The first kappa shape index (κ1) is 19.8. The molecular formula is C20H20FN3O3.